The number of ether oxygens (including phenoxy) is 1. The number of aryl methyl sites for hydroxylation is 2. The predicted molar refractivity (Wildman–Crippen MR) is 147 cm³/mol. The number of sulfone groups is 1. The van der Waals surface area contributed by atoms with Crippen LogP contribution in [0, 0.1) is 24.7 Å². The van der Waals surface area contributed by atoms with Crippen molar-refractivity contribution in [1.82, 2.24) is 20.2 Å². The summed E-state index contributed by atoms with van der Waals surface area (Å²) in [6.07, 6.45) is 7.14. The normalized spacial score (nSPS) is 18.9. The van der Waals surface area contributed by atoms with Gasteiger partial charge in [-0.1, -0.05) is 0 Å². The van der Waals surface area contributed by atoms with Gasteiger partial charge in [-0.15, -0.1) is 0 Å². The molecule has 5 rings (SSSR count). The van der Waals surface area contributed by atoms with Gasteiger partial charge in [0, 0.05) is 47.9 Å². The standard InChI is InChI=1S/C27H33N7O3S/c1-17-13-32-33-18(2)24(17)19(3)37-21-4-5-23(28)22(12-21)25(29)20-14-30-26(31-15-20)34-9-6-27(7-10-34)8-11-38(35,36)16-27/h4-5,12-15,19,29H,6-11,16,28H2,1-3H3/t19-/m0/s1. The minimum atomic E-state index is -2.91. The number of nitrogens with one attached hydrogen (secondary N) is 1. The molecule has 11 heteroatoms. The molecule has 2 saturated heterocycles. The Morgan fingerprint density at radius 2 is 1.84 bits per heavy atom. The number of nitrogens with two attached hydrogens (primary N) is 1. The number of piperidine rings is 1. The molecule has 0 unspecified atom stereocenters. The number of hydrogen-bond acceptors (Lipinski definition) is 10. The molecular weight excluding hydrogens is 502 g/mol. The summed E-state index contributed by atoms with van der Waals surface area (Å²) in [5.74, 6) is 1.78. The second-order valence-corrected chi connectivity index (χ2v) is 12.7. The Morgan fingerprint density at radius 3 is 2.47 bits per heavy atom. The highest BCUT2D eigenvalue weighted by molar-refractivity contribution is 7.91. The minimum Gasteiger partial charge on any atom is -0.486 e. The van der Waals surface area contributed by atoms with Crippen LogP contribution in [0.15, 0.2) is 36.8 Å². The summed E-state index contributed by atoms with van der Waals surface area (Å²) in [5, 5.41) is 16.9. The van der Waals surface area contributed by atoms with Crippen LogP contribution in [-0.4, -0.2) is 58.9 Å². The van der Waals surface area contributed by atoms with Crippen molar-refractivity contribution in [3.05, 3.63) is 64.7 Å². The maximum Gasteiger partial charge on any atom is 0.225 e. The first-order valence-electron chi connectivity index (χ1n) is 12.8. The van der Waals surface area contributed by atoms with Crippen molar-refractivity contribution in [2.75, 3.05) is 35.2 Å². The Morgan fingerprint density at radius 1 is 1.13 bits per heavy atom. The van der Waals surface area contributed by atoms with Gasteiger partial charge in [0.1, 0.15) is 11.9 Å². The molecule has 2 aromatic heterocycles. The molecule has 4 heterocycles. The van der Waals surface area contributed by atoms with Crippen molar-refractivity contribution < 1.29 is 13.2 Å². The van der Waals surface area contributed by atoms with E-state index in [-0.39, 0.29) is 17.2 Å². The van der Waals surface area contributed by atoms with Gasteiger partial charge in [0.05, 0.1) is 29.1 Å². The van der Waals surface area contributed by atoms with Gasteiger partial charge < -0.3 is 15.4 Å². The van der Waals surface area contributed by atoms with Crippen LogP contribution in [0.2, 0.25) is 0 Å². The number of anilines is 2. The lowest BCUT2D eigenvalue weighted by molar-refractivity contribution is 0.224. The number of aromatic nitrogens is 4. The van der Waals surface area contributed by atoms with Gasteiger partial charge in [-0.2, -0.15) is 10.2 Å². The van der Waals surface area contributed by atoms with E-state index >= 15 is 0 Å². The topological polar surface area (TPSA) is 148 Å². The number of nitrogen functional groups attached to an aromatic ring is 1. The maximum atomic E-state index is 12.0. The van der Waals surface area contributed by atoms with E-state index in [1.807, 2.05) is 20.8 Å². The summed E-state index contributed by atoms with van der Waals surface area (Å²) in [5.41, 5.74) is 10.7. The Labute approximate surface area is 223 Å². The Balaban J connectivity index is 1.28. The summed E-state index contributed by atoms with van der Waals surface area (Å²) in [7, 11) is -2.91. The summed E-state index contributed by atoms with van der Waals surface area (Å²) in [6, 6.07) is 5.29. The molecule has 0 radical (unpaired) electrons. The Hall–Kier alpha value is -3.60. The molecule has 0 aliphatic carbocycles. The molecule has 3 N–H and O–H groups in total. The fourth-order valence-corrected chi connectivity index (χ4v) is 7.90. The van der Waals surface area contributed by atoms with E-state index in [0.29, 0.717) is 40.0 Å². The summed E-state index contributed by atoms with van der Waals surface area (Å²) >= 11 is 0. The molecule has 1 atom stereocenters. The van der Waals surface area contributed by atoms with E-state index in [0.717, 1.165) is 49.2 Å². The fraction of sp³-hybridized carbons (Fsp3) is 0.444. The molecule has 2 aliphatic rings. The zero-order valence-electron chi connectivity index (χ0n) is 21.9. The van der Waals surface area contributed by atoms with E-state index in [9.17, 15) is 8.42 Å². The monoisotopic (exact) mass is 535 g/mol. The third-order valence-corrected chi connectivity index (χ3v) is 9.67. The number of nitrogens with zero attached hydrogens (tertiary/aromatic N) is 5. The van der Waals surface area contributed by atoms with Crippen LogP contribution < -0.4 is 15.4 Å². The van der Waals surface area contributed by atoms with E-state index in [1.54, 1.807) is 36.8 Å². The molecule has 200 valence electrons. The molecule has 1 spiro atoms. The third-order valence-electron chi connectivity index (χ3n) is 7.79. The van der Waals surface area contributed by atoms with Crippen molar-refractivity contribution in [3.63, 3.8) is 0 Å². The highest BCUT2D eigenvalue weighted by Crippen LogP contribution is 2.42. The second-order valence-electron chi connectivity index (χ2n) is 10.5. The van der Waals surface area contributed by atoms with Gasteiger partial charge in [0.25, 0.3) is 0 Å². The predicted octanol–water partition coefficient (Wildman–Crippen LogP) is 3.43. The zero-order valence-corrected chi connectivity index (χ0v) is 22.8. The molecule has 38 heavy (non-hydrogen) atoms. The van der Waals surface area contributed by atoms with E-state index < -0.39 is 9.84 Å². The molecule has 0 amide bonds. The molecular formula is C27H33N7O3S. The summed E-state index contributed by atoms with van der Waals surface area (Å²) in [4.78, 5) is 11.1. The molecule has 0 saturated carbocycles. The van der Waals surface area contributed by atoms with Gasteiger partial charge in [-0.05, 0) is 69.2 Å². The molecule has 0 bridgehead atoms. The van der Waals surface area contributed by atoms with Crippen LogP contribution >= 0.6 is 0 Å². The van der Waals surface area contributed by atoms with Crippen LogP contribution in [0.3, 0.4) is 0 Å². The van der Waals surface area contributed by atoms with Gasteiger partial charge in [0.15, 0.2) is 9.84 Å². The highest BCUT2D eigenvalue weighted by Gasteiger charge is 2.44. The zero-order chi connectivity index (χ0) is 27.1. The van der Waals surface area contributed by atoms with Crippen molar-refractivity contribution in [2.45, 2.75) is 46.1 Å². The number of benzene rings is 1. The number of rotatable bonds is 6. The van der Waals surface area contributed by atoms with Crippen LogP contribution in [-0.2, 0) is 9.84 Å². The minimum absolute atomic E-state index is 0.0924. The van der Waals surface area contributed by atoms with Gasteiger partial charge in [0.2, 0.25) is 5.95 Å². The quantitative estimate of drug-likeness (QED) is 0.358. The van der Waals surface area contributed by atoms with E-state index in [2.05, 4.69) is 25.1 Å². The van der Waals surface area contributed by atoms with E-state index in [1.165, 1.54) is 0 Å². The van der Waals surface area contributed by atoms with E-state index in [4.69, 9.17) is 15.9 Å². The lowest BCUT2D eigenvalue weighted by atomic mass is 9.78. The average molecular weight is 536 g/mol. The summed E-state index contributed by atoms with van der Waals surface area (Å²) in [6.45, 7) is 7.29. The van der Waals surface area contributed by atoms with Crippen molar-refractivity contribution in [2.24, 2.45) is 5.41 Å². The van der Waals surface area contributed by atoms with Crippen LogP contribution in [0.1, 0.15) is 60.2 Å². The van der Waals surface area contributed by atoms with Crippen molar-refractivity contribution in [3.8, 4) is 5.75 Å². The SMILES string of the molecule is Cc1cnnc(C)c1[C@H](C)Oc1ccc(N)c(C(=N)c2cnc(N3CCC4(CC3)CCS(=O)(=O)C4)nc2)c1. The molecule has 3 aromatic rings. The van der Waals surface area contributed by atoms with Gasteiger partial charge in [-0.3, -0.25) is 5.41 Å². The lowest BCUT2D eigenvalue weighted by Crippen LogP contribution is -2.41. The molecule has 10 nitrogen and oxygen atoms in total. The smallest absolute Gasteiger partial charge is 0.225 e. The largest absolute Gasteiger partial charge is 0.486 e. The van der Waals surface area contributed by atoms with Crippen LogP contribution in [0.5, 0.6) is 5.75 Å². The molecule has 2 fully saturated rings. The first-order chi connectivity index (χ1) is 18.1. The highest BCUT2D eigenvalue weighted by atomic mass is 32.2. The maximum absolute atomic E-state index is 12.0. The first-order valence-corrected chi connectivity index (χ1v) is 14.6. The Bertz CT molecular complexity index is 1450. The molecule has 2 aliphatic heterocycles. The van der Waals surface area contributed by atoms with Crippen molar-refractivity contribution in [1.29, 1.82) is 5.41 Å². The second kappa shape index (κ2) is 9.94. The first kappa shape index (κ1) is 26.0. The number of hydrogen-bond donors (Lipinski definition) is 2. The fourth-order valence-electron chi connectivity index (χ4n) is 5.64. The average Bonchev–Trinajstić information content (AvgIpc) is 3.19. The van der Waals surface area contributed by atoms with Crippen molar-refractivity contribution >= 4 is 27.2 Å². The van der Waals surface area contributed by atoms with Crippen LogP contribution in [0.4, 0.5) is 11.6 Å². The van der Waals surface area contributed by atoms with Crippen LogP contribution in [0.25, 0.3) is 0 Å². The van der Waals surface area contributed by atoms with Gasteiger partial charge >= 0.3 is 0 Å². The van der Waals surface area contributed by atoms with Gasteiger partial charge in [-0.25, -0.2) is 18.4 Å². The Kier molecular flexibility index (Phi) is 6.81. The lowest BCUT2D eigenvalue weighted by Gasteiger charge is -2.38. The molecule has 1 aromatic carbocycles. The summed E-state index contributed by atoms with van der Waals surface area (Å²) < 4.78 is 30.2. The third kappa shape index (κ3) is 5.20.